The molecular weight excluding hydrogens is 277 g/mol. The zero-order chi connectivity index (χ0) is 13.5. The van der Waals surface area contributed by atoms with Gasteiger partial charge in [0.25, 0.3) is 0 Å². The number of hydrogen-bond acceptors (Lipinski definition) is 3. The number of nitrogens with zero attached hydrogens (tertiary/aromatic N) is 3. The van der Waals surface area contributed by atoms with Gasteiger partial charge in [0.05, 0.1) is 4.90 Å². The van der Waals surface area contributed by atoms with Crippen molar-refractivity contribution in [2.75, 3.05) is 0 Å². The lowest BCUT2D eigenvalue weighted by Crippen LogP contribution is -2.04. The summed E-state index contributed by atoms with van der Waals surface area (Å²) in [6.45, 7) is 0. The van der Waals surface area contributed by atoms with Crippen molar-refractivity contribution in [3.8, 4) is 0 Å². The molecule has 19 heavy (non-hydrogen) atoms. The van der Waals surface area contributed by atoms with Crippen LogP contribution in [0, 0.1) is 0 Å². The third-order valence-electron chi connectivity index (χ3n) is 2.42. The molecule has 0 atom stereocenters. The van der Waals surface area contributed by atoms with Gasteiger partial charge in [0.15, 0.2) is 16.5 Å². The average molecular weight is 284 g/mol. The lowest BCUT2D eigenvalue weighted by molar-refractivity contribution is -0.140. The zero-order valence-corrected chi connectivity index (χ0v) is 10.2. The first-order valence-electron chi connectivity index (χ1n) is 5.26. The van der Waals surface area contributed by atoms with Crippen LogP contribution in [0.3, 0.4) is 0 Å². The second-order valence-electron chi connectivity index (χ2n) is 3.72. The highest BCUT2D eigenvalue weighted by Gasteiger charge is 2.34. The van der Waals surface area contributed by atoms with Crippen LogP contribution in [0.2, 0.25) is 0 Å². The number of rotatable bonds is 2. The molecule has 3 aromatic rings. The summed E-state index contributed by atoms with van der Waals surface area (Å²) in [5.41, 5.74) is -0.642. The van der Waals surface area contributed by atoms with Gasteiger partial charge < -0.3 is 9.38 Å². The lowest BCUT2D eigenvalue weighted by atomic mass is 10.5. The lowest BCUT2D eigenvalue weighted by Gasteiger charge is -2.00. The number of H-pyrrole nitrogens is 1. The molecule has 3 rings (SSSR count). The maximum absolute atomic E-state index is 12.6. The van der Waals surface area contributed by atoms with Gasteiger partial charge in [-0.05, 0) is 23.9 Å². The summed E-state index contributed by atoms with van der Waals surface area (Å²) < 4.78 is 39.3. The first-order valence-corrected chi connectivity index (χ1v) is 6.08. The van der Waals surface area contributed by atoms with E-state index in [1.165, 1.54) is 22.4 Å². The van der Waals surface area contributed by atoms with E-state index in [0.29, 0.717) is 10.1 Å². The van der Waals surface area contributed by atoms with E-state index in [1.54, 1.807) is 24.5 Å². The Bertz CT molecular complexity index is 702. The third-order valence-corrected chi connectivity index (χ3v) is 3.37. The SMILES string of the molecule is FC(F)(F)c1cn2cccc(Sc3ncc[nH]3)c2n1. The van der Waals surface area contributed by atoms with Crippen molar-refractivity contribution in [3.63, 3.8) is 0 Å². The van der Waals surface area contributed by atoms with E-state index < -0.39 is 11.9 Å². The van der Waals surface area contributed by atoms with E-state index in [9.17, 15) is 13.2 Å². The molecule has 4 nitrogen and oxygen atoms in total. The molecule has 0 saturated carbocycles. The fourth-order valence-electron chi connectivity index (χ4n) is 1.61. The first-order chi connectivity index (χ1) is 9.04. The number of alkyl halides is 3. The average Bonchev–Trinajstić information content (AvgIpc) is 2.96. The third kappa shape index (κ3) is 2.30. The standard InChI is InChI=1S/C11H7F3N4S/c12-11(13,14)8-6-18-5-1-2-7(9(18)17-8)19-10-15-3-4-16-10/h1-6H,(H,15,16). The Labute approximate surface area is 109 Å². The summed E-state index contributed by atoms with van der Waals surface area (Å²) in [5, 5.41) is 0.602. The fraction of sp³-hybridized carbons (Fsp3) is 0.0909. The summed E-state index contributed by atoms with van der Waals surface area (Å²) in [7, 11) is 0. The predicted octanol–water partition coefficient (Wildman–Crippen LogP) is 3.23. The molecule has 0 fully saturated rings. The number of hydrogen-bond donors (Lipinski definition) is 1. The summed E-state index contributed by atoms with van der Waals surface area (Å²) in [4.78, 5) is 11.1. The van der Waals surface area contributed by atoms with Gasteiger partial charge in [-0.1, -0.05) is 0 Å². The highest BCUT2D eigenvalue weighted by Crippen LogP contribution is 2.32. The van der Waals surface area contributed by atoms with Gasteiger partial charge >= 0.3 is 6.18 Å². The van der Waals surface area contributed by atoms with Crippen molar-refractivity contribution in [2.24, 2.45) is 0 Å². The summed E-state index contributed by atoms with van der Waals surface area (Å²) >= 11 is 1.23. The number of pyridine rings is 1. The van der Waals surface area contributed by atoms with Gasteiger partial charge in [0, 0.05) is 24.8 Å². The molecule has 1 N–H and O–H groups in total. The molecular formula is C11H7F3N4S. The largest absolute Gasteiger partial charge is 0.434 e. The minimum absolute atomic E-state index is 0.260. The molecule has 0 unspecified atom stereocenters. The van der Waals surface area contributed by atoms with Crippen LogP contribution in [0.5, 0.6) is 0 Å². The van der Waals surface area contributed by atoms with Crippen molar-refractivity contribution >= 4 is 17.4 Å². The Morgan fingerprint density at radius 1 is 1.32 bits per heavy atom. The van der Waals surface area contributed by atoms with Crippen molar-refractivity contribution in [1.29, 1.82) is 0 Å². The van der Waals surface area contributed by atoms with Crippen molar-refractivity contribution in [3.05, 3.63) is 42.6 Å². The molecule has 0 radical (unpaired) electrons. The molecule has 0 spiro atoms. The van der Waals surface area contributed by atoms with E-state index >= 15 is 0 Å². The van der Waals surface area contributed by atoms with Crippen LogP contribution in [-0.4, -0.2) is 19.4 Å². The molecule has 98 valence electrons. The summed E-state index contributed by atoms with van der Waals surface area (Å²) in [6, 6.07) is 3.37. The second kappa shape index (κ2) is 4.30. The van der Waals surface area contributed by atoms with Gasteiger partial charge in [-0.2, -0.15) is 13.2 Å². The smallest absolute Gasteiger partial charge is 0.339 e. The number of aromatic nitrogens is 4. The topological polar surface area (TPSA) is 46.0 Å². The van der Waals surface area contributed by atoms with Crippen LogP contribution in [0.1, 0.15) is 5.69 Å². The Balaban J connectivity index is 2.07. The van der Waals surface area contributed by atoms with Crippen LogP contribution in [0.15, 0.2) is 47.0 Å². The molecule has 0 bridgehead atoms. The van der Waals surface area contributed by atoms with Crippen LogP contribution >= 0.6 is 11.8 Å². The van der Waals surface area contributed by atoms with Gasteiger partial charge in [-0.3, -0.25) is 0 Å². The minimum Gasteiger partial charge on any atom is -0.339 e. The zero-order valence-electron chi connectivity index (χ0n) is 9.35. The highest BCUT2D eigenvalue weighted by atomic mass is 32.2. The summed E-state index contributed by atoms with van der Waals surface area (Å²) in [5.74, 6) is 0. The van der Waals surface area contributed by atoms with E-state index in [4.69, 9.17) is 0 Å². The molecule has 0 saturated heterocycles. The minimum atomic E-state index is -4.45. The van der Waals surface area contributed by atoms with E-state index in [2.05, 4.69) is 15.0 Å². The molecule has 0 aromatic carbocycles. The molecule has 3 heterocycles. The number of imidazole rings is 2. The van der Waals surface area contributed by atoms with Crippen molar-refractivity contribution in [1.82, 2.24) is 19.4 Å². The monoisotopic (exact) mass is 284 g/mol. The van der Waals surface area contributed by atoms with Gasteiger partial charge in [0.2, 0.25) is 0 Å². The highest BCUT2D eigenvalue weighted by molar-refractivity contribution is 7.99. The molecule has 8 heteroatoms. The molecule has 0 aliphatic rings. The Kier molecular flexibility index (Phi) is 2.74. The number of fused-ring (bicyclic) bond motifs is 1. The predicted molar refractivity (Wildman–Crippen MR) is 62.9 cm³/mol. The van der Waals surface area contributed by atoms with Crippen LogP contribution in [0.25, 0.3) is 5.65 Å². The van der Waals surface area contributed by atoms with Crippen LogP contribution in [0.4, 0.5) is 13.2 Å². The molecule has 0 amide bonds. The first kappa shape index (κ1) is 12.1. The Morgan fingerprint density at radius 2 is 2.16 bits per heavy atom. The molecule has 0 aliphatic heterocycles. The quantitative estimate of drug-likeness (QED) is 0.786. The second-order valence-corrected chi connectivity index (χ2v) is 4.75. The van der Waals surface area contributed by atoms with Gasteiger partial charge in [-0.15, -0.1) is 0 Å². The number of halogens is 3. The number of nitrogens with one attached hydrogen (secondary N) is 1. The van der Waals surface area contributed by atoms with Crippen molar-refractivity contribution in [2.45, 2.75) is 16.2 Å². The Hall–Kier alpha value is -1.96. The van der Waals surface area contributed by atoms with Gasteiger partial charge in [-0.25, -0.2) is 9.97 Å². The van der Waals surface area contributed by atoms with E-state index in [-0.39, 0.29) is 5.65 Å². The maximum Gasteiger partial charge on any atom is 0.434 e. The maximum atomic E-state index is 12.6. The van der Waals surface area contributed by atoms with Crippen molar-refractivity contribution < 1.29 is 13.2 Å². The molecule has 3 aromatic heterocycles. The normalized spacial score (nSPS) is 12.2. The number of aromatic amines is 1. The summed E-state index contributed by atoms with van der Waals surface area (Å²) in [6.07, 6.45) is 1.29. The van der Waals surface area contributed by atoms with Gasteiger partial charge in [0.1, 0.15) is 0 Å². The fourth-order valence-corrected chi connectivity index (χ4v) is 2.45. The Morgan fingerprint density at radius 3 is 2.84 bits per heavy atom. The molecule has 0 aliphatic carbocycles. The van der Waals surface area contributed by atoms with Crippen LogP contribution in [-0.2, 0) is 6.18 Å². The van der Waals surface area contributed by atoms with E-state index in [1.807, 2.05) is 0 Å². The van der Waals surface area contributed by atoms with Crippen LogP contribution < -0.4 is 0 Å². The van der Waals surface area contributed by atoms with E-state index in [0.717, 1.165) is 6.20 Å².